The molecule has 122 valence electrons. The Bertz CT molecular complexity index is 503. The van der Waals surface area contributed by atoms with Crippen LogP contribution in [0.2, 0.25) is 0 Å². The van der Waals surface area contributed by atoms with E-state index in [-0.39, 0.29) is 11.9 Å². The second-order valence-electron chi connectivity index (χ2n) is 7.11. The van der Waals surface area contributed by atoms with E-state index in [4.69, 9.17) is 0 Å². The van der Waals surface area contributed by atoms with E-state index in [0.717, 1.165) is 25.1 Å². The first-order chi connectivity index (χ1) is 10.3. The quantitative estimate of drug-likeness (QED) is 0.879. The first-order valence-electron chi connectivity index (χ1n) is 8.13. The number of carbonyl (C=O) groups is 1. The third kappa shape index (κ3) is 4.31. The molecule has 0 spiro atoms. The number of aliphatic hydroxyl groups is 1. The molecule has 1 atom stereocenters. The lowest BCUT2D eigenvalue weighted by Crippen LogP contribution is -2.48. The van der Waals surface area contributed by atoms with Crippen molar-refractivity contribution in [1.82, 2.24) is 4.90 Å². The molecule has 1 saturated heterocycles. The zero-order chi connectivity index (χ0) is 16.3. The van der Waals surface area contributed by atoms with Gasteiger partial charge in [0.1, 0.15) is 0 Å². The van der Waals surface area contributed by atoms with Gasteiger partial charge in [0.15, 0.2) is 0 Å². The topological polar surface area (TPSA) is 52.6 Å². The van der Waals surface area contributed by atoms with Crippen LogP contribution in [0.15, 0.2) is 24.3 Å². The van der Waals surface area contributed by atoms with E-state index in [9.17, 15) is 9.90 Å². The maximum atomic E-state index is 12.2. The van der Waals surface area contributed by atoms with Crippen molar-refractivity contribution >= 4 is 11.6 Å². The summed E-state index contributed by atoms with van der Waals surface area (Å²) in [5, 5.41) is 13.1. The Labute approximate surface area is 133 Å². The molecule has 1 aromatic rings. The molecule has 0 saturated carbocycles. The van der Waals surface area contributed by atoms with Crippen LogP contribution in [0.1, 0.15) is 52.0 Å². The monoisotopic (exact) mass is 304 g/mol. The molecule has 2 N–H and O–H groups in total. The smallest absolute Gasteiger partial charge is 0.238 e. The Morgan fingerprint density at radius 3 is 2.55 bits per heavy atom. The van der Waals surface area contributed by atoms with Gasteiger partial charge in [0.25, 0.3) is 0 Å². The maximum Gasteiger partial charge on any atom is 0.238 e. The van der Waals surface area contributed by atoms with Crippen LogP contribution in [-0.2, 0) is 4.79 Å². The van der Waals surface area contributed by atoms with Gasteiger partial charge >= 0.3 is 0 Å². The van der Waals surface area contributed by atoms with Gasteiger partial charge in [0.2, 0.25) is 5.91 Å². The predicted octanol–water partition coefficient (Wildman–Crippen LogP) is 2.98. The van der Waals surface area contributed by atoms with Crippen LogP contribution in [0, 0.1) is 0 Å². The molecule has 1 aliphatic heterocycles. The van der Waals surface area contributed by atoms with Gasteiger partial charge in [-0.15, -0.1) is 0 Å². The van der Waals surface area contributed by atoms with Crippen molar-refractivity contribution in [2.75, 3.05) is 18.4 Å². The van der Waals surface area contributed by atoms with Gasteiger partial charge in [-0.3, -0.25) is 9.69 Å². The predicted molar refractivity (Wildman–Crippen MR) is 90.1 cm³/mol. The highest BCUT2D eigenvalue weighted by atomic mass is 16.3. The molecule has 1 heterocycles. The molecule has 4 heteroatoms. The molecule has 1 amide bonds. The van der Waals surface area contributed by atoms with Crippen molar-refractivity contribution in [3.05, 3.63) is 29.8 Å². The van der Waals surface area contributed by atoms with Gasteiger partial charge < -0.3 is 10.4 Å². The highest BCUT2D eigenvalue weighted by Crippen LogP contribution is 2.26. The lowest BCUT2D eigenvalue weighted by molar-refractivity contribution is -0.118. The van der Waals surface area contributed by atoms with Crippen molar-refractivity contribution in [3.63, 3.8) is 0 Å². The normalized spacial score (nSPS) is 19.6. The summed E-state index contributed by atoms with van der Waals surface area (Å²) >= 11 is 0. The minimum atomic E-state index is -0.768. The van der Waals surface area contributed by atoms with Crippen LogP contribution in [0.25, 0.3) is 0 Å². The largest absolute Gasteiger partial charge is 0.389 e. The van der Waals surface area contributed by atoms with Crippen molar-refractivity contribution in [1.29, 1.82) is 0 Å². The summed E-state index contributed by atoms with van der Waals surface area (Å²) < 4.78 is 0. The summed E-state index contributed by atoms with van der Waals surface area (Å²) in [6.07, 6.45) is 1.98. The molecular weight excluding hydrogens is 276 g/mol. The Morgan fingerprint density at radius 2 is 2.00 bits per heavy atom. The average molecular weight is 304 g/mol. The van der Waals surface area contributed by atoms with Crippen molar-refractivity contribution < 1.29 is 9.90 Å². The van der Waals surface area contributed by atoms with Crippen LogP contribution < -0.4 is 5.32 Å². The molecule has 1 unspecified atom stereocenters. The lowest BCUT2D eigenvalue weighted by atomic mass is 9.97. The summed E-state index contributed by atoms with van der Waals surface area (Å²) in [5.74, 6) is 0.468. The van der Waals surface area contributed by atoms with Crippen LogP contribution >= 0.6 is 0 Å². The summed E-state index contributed by atoms with van der Waals surface area (Å²) in [6, 6.07) is 8.06. The molecule has 22 heavy (non-hydrogen) atoms. The van der Waals surface area contributed by atoms with Crippen LogP contribution in [0.5, 0.6) is 0 Å². The zero-order valence-electron chi connectivity index (χ0n) is 14.1. The first-order valence-corrected chi connectivity index (χ1v) is 8.13. The second kappa shape index (κ2) is 6.80. The molecule has 1 aliphatic rings. The van der Waals surface area contributed by atoms with Gasteiger partial charge in [-0.1, -0.05) is 26.0 Å². The molecule has 1 aromatic carbocycles. The Balaban J connectivity index is 1.92. The molecule has 0 bridgehead atoms. The highest BCUT2D eigenvalue weighted by molar-refractivity contribution is 5.92. The van der Waals surface area contributed by atoms with E-state index < -0.39 is 5.60 Å². The number of benzene rings is 1. The molecule has 1 fully saturated rings. The van der Waals surface area contributed by atoms with E-state index >= 15 is 0 Å². The van der Waals surface area contributed by atoms with Crippen molar-refractivity contribution in [3.8, 4) is 0 Å². The van der Waals surface area contributed by atoms with E-state index in [1.165, 1.54) is 5.56 Å². The molecule has 0 aliphatic carbocycles. The fourth-order valence-corrected chi connectivity index (χ4v) is 3.15. The highest BCUT2D eigenvalue weighted by Gasteiger charge is 2.36. The lowest BCUT2D eigenvalue weighted by Gasteiger charge is -2.33. The molecule has 0 aromatic heterocycles. The van der Waals surface area contributed by atoms with Crippen molar-refractivity contribution in [2.45, 2.75) is 58.1 Å². The number of amides is 1. The number of anilines is 1. The average Bonchev–Trinajstić information content (AvgIpc) is 2.87. The SMILES string of the molecule is CC(C)c1ccc(NC(=O)CN2CCCC2C(C)(C)O)cc1. The standard InChI is InChI=1S/C18H28N2O2/c1-13(2)14-7-9-15(10-8-14)19-17(21)12-20-11-5-6-16(20)18(3,4)22/h7-10,13,16,22H,5-6,11-12H2,1-4H3,(H,19,21). The number of hydrogen-bond donors (Lipinski definition) is 2. The summed E-state index contributed by atoms with van der Waals surface area (Å²) in [6.45, 7) is 9.14. The molecule has 4 nitrogen and oxygen atoms in total. The summed E-state index contributed by atoms with van der Waals surface area (Å²) in [5.41, 5.74) is 1.32. The number of rotatable bonds is 5. The fraction of sp³-hybridized carbons (Fsp3) is 0.611. The van der Waals surface area contributed by atoms with Crippen LogP contribution in [0.3, 0.4) is 0 Å². The number of nitrogens with zero attached hydrogens (tertiary/aromatic N) is 1. The number of nitrogens with one attached hydrogen (secondary N) is 1. The van der Waals surface area contributed by atoms with Gasteiger partial charge in [-0.05, 0) is 56.8 Å². The van der Waals surface area contributed by atoms with Gasteiger partial charge in [0.05, 0.1) is 12.1 Å². The summed E-state index contributed by atoms with van der Waals surface area (Å²) in [7, 11) is 0. The van der Waals surface area contributed by atoms with Crippen molar-refractivity contribution in [2.24, 2.45) is 0 Å². The third-order valence-electron chi connectivity index (χ3n) is 4.39. The second-order valence-corrected chi connectivity index (χ2v) is 7.11. The van der Waals surface area contributed by atoms with E-state index in [1.807, 2.05) is 26.0 Å². The van der Waals surface area contributed by atoms with E-state index in [1.54, 1.807) is 0 Å². The molecule has 2 rings (SSSR count). The van der Waals surface area contributed by atoms with E-state index in [0.29, 0.717) is 12.5 Å². The Morgan fingerprint density at radius 1 is 1.36 bits per heavy atom. The first kappa shape index (κ1) is 17.0. The van der Waals surface area contributed by atoms with Gasteiger partial charge in [-0.2, -0.15) is 0 Å². The molecule has 0 radical (unpaired) electrons. The van der Waals surface area contributed by atoms with Crippen LogP contribution in [-0.4, -0.2) is 40.6 Å². The van der Waals surface area contributed by atoms with Crippen LogP contribution in [0.4, 0.5) is 5.69 Å². The number of hydrogen-bond acceptors (Lipinski definition) is 3. The fourth-order valence-electron chi connectivity index (χ4n) is 3.15. The number of likely N-dealkylation sites (tertiary alicyclic amines) is 1. The minimum absolute atomic E-state index is 0.0200. The maximum absolute atomic E-state index is 12.2. The Hall–Kier alpha value is -1.39. The van der Waals surface area contributed by atoms with Gasteiger partial charge in [0, 0.05) is 11.7 Å². The minimum Gasteiger partial charge on any atom is -0.389 e. The molecular formula is C18H28N2O2. The third-order valence-corrected chi connectivity index (χ3v) is 4.39. The van der Waals surface area contributed by atoms with Gasteiger partial charge in [-0.25, -0.2) is 0 Å². The Kier molecular flexibility index (Phi) is 5.24. The van der Waals surface area contributed by atoms with E-state index in [2.05, 4.69) is 36.2 Å². The number of carbonyl (C=O) groups excluding carboxylic acids is 1. The summed E-state index contributed by atoms with van der Waals surface area (Å²) in [4.78, 5) is 14.3. The zero-order valence-corrected chi connectivity index (χ0v) is 14.1.